The van der Waals surface area contributed by atoms with E-state index < -0.39 is 0 Å². The van der Waals surface area contributed by atoms with Gasteiger partial charge in [-0.15, -0.1) is 0 Å². The maximum Gasteiger partial charge on any atom is 0.254 e. The highest BCUT2D eigenvalue weighted by Gasteiger charge is 2.36. The molecule has 2 heterocycles. The maximum atomic E-state index is 13.3. The minimum absolute atomic E-state index is 0.0281. The van der Waals surface area contributed by atoms with Crippen molar-refractivity contribution in [2.75, 3.05) is 0 Å². The van der Waals surface area contributed by atoms with E-state index in [-0.39, 0.29) is 11.3 Å². The summed E-state index contributed by atoms with van der Waals surface area (Å²) >= 11 is 0. The number of benzene rings is 1. The van der Waals surface area contributed by atoms with Gasteiger partial charge in [-0.05, 0) is 59.7 Å². The predicted molar refractivity (Wildman–Crippen MR) is 113 cm³/mol. The Hall–Kier alpha value is -2.75. The summed E-state index contributed by atoms with van der Waals surface area (Å²) in [4.78, 5) is 15.1. The van der Waals surface area contributed by atoms with E-state index in [9.17, 15) is 4.79 Å². The van der Waals surface area contributed by atoms with E-state index in [1.54, 1.807) is 11.2 Å². The molecule has 0 N–H and O–H groups in total. The summed E-state index contributed by atoms with van der Waals surface area (Å²) in [5, 5.41) is 0. The van der Waals surface area contributed by atoms with Gasteiger partial charge in [0.1, 0.15) is 17.3 Å². The van der Waals surface area contributed by atoms with Gasteiger partial charge in [0.05, 0.1) is 19.4 Å². The first kappa shape index (κ1) is 19.6. The second kappa shape index (κ2) is 7.58. The van der Waals surface area contributed by atoms with Crippen molar-refractivity contribution in [3.05, 3.63) is 83.2 Å². The number of carbonyl (C=O) groups is 1. The lowest BCUT2D eigenvalue weighted by Gasteiger charge is -2.22. The zero-order chi connectivity index (χ0) is 20.6. The molecule has 0 bridgehead atoms. The van der Waals surface area contributed by atoms with E-state index in [0.29, 0.717) is 30.5 Å². The summed E-state index contributed by atoms with van der Waals surface area (Å²) in [7, 11) is 0. The van der Waals surface area contributed by atoms with E-state index in [0.717, 1.165) is 17.3 Å². The average molecular weight is 392 g/mol. The molecule has 29 heavy (non-hydrogen) atoms. The Morgan fingerprint density at radius 2 is 1.72 bits per heavy atom. The normalized spacial score (nSPS) is 18.6. The first-order chi connectivity index (χ1) is 13.8. The van der Waals surface area contributed by atoms with Crippen molar-refractivity contribution in [1.82, 2.24) is 4.90 Å². The molecule has 4 nitrogen and oxygen atoms in total. The monoisotopic (exact) mass is 391 g/mol. The summed E-state index contributed by atoms with van der Waals surface area (Å²) in [6.07, 6.45) is 2.82. The molecular formula is C25H29NO3. The molecule has 2 atom stereocenters. The standard InChI is InChI=1S/C25H29NO3/c1-17-14-22(17)23-12-11-21(29-23)16-26(15-20-6-5-13-28-20)24(27)18-7-9-19(10-8-18)25(2,3)4/h5-13,17,22H,14-16H2,1-4H3. The molecule has 4 rings (SSSR count). The molecule has 2 unspecified atom stereocenters. The molecule has 0 radical (unpaired) electrons. The molecule has 1 aliphatic rings. The third-order valence-electron chi connectivity index (χ3n) is 5.72. The Morgan fingerprint density at radius 3 is 2.31 bits per heavy atom. The summed E-state index contributed by atoms with van der Waals surface area (Å²) in [6, 6.07) is 15.7. The molecule has 1 fully saturated rings. The van der Waals surface area contributed by atoms with Crippen LogP contribution in [0.2, 0.25) is 0 Å². The molecule has 0 aliphatic heterocycles. The summed E-state index contributed by atoms with van der Waals surface area (Å²) in [5.74, 6) is 3.80. The van der Waals surface area contributed by atoms with Gasteiger partial charge in [0, 0.05) is 11.5 Å². The molecule has 2 aromatic heterocycles. The van der Waals surface area contributed by atoms with Gasteiger partial charge in [0.15, 0.2) is 0 Å². The SMILES string of the molecule is CC1CC1c1ccc(CN(Cc2ccco2)C(=O)c2ccc(C(C)(C)C)cc2)o1. The lowest BCUT2D eigenvalue weighted by atomic mass is 9.86. The number of carbonyl (C=O) groups excluding carboxylic acids is 1. The molecule has 4 heteroatoms. The zero-order valence-electron chi connectivity index (χ0n) is 17.6. The second-order valence-corrected chi connectivity index (χ2v) is 9.19. The van der Waals surface area contributed by atoms with E-state index in [4.69, 9.17) is 8.83 Å². The first-order valence-corrected chi connectivity index (χ1v) is 10.3. The van der Waals surface area contributed by atoms with Gasteiger partial charge < -0.3 is 13.7 Å². The highest BCUT2D eigenvalue weighted by atomic mass is 16.3. The van der Waals surface area contributed by atoms with Crippen molar-refractivity contribution in [3.63, 3.8) is 0 Å². The number of furan rings is 2. The smallest absolute Gasteiger partial charge is 0.254 e. The predicted octanol–water partition coefficient (Wildman–Crippen LogP) is 6.14. The largest absolute Gasteiger partial charge is 0.467 e. The lowest BCUT2D eigenvalue weighted by molar-refractivity contribution is 0.0704. The topological polar surface area (TPSA) is 46.6 Å². The van der Waals surface area contributed by atoms with Gasteiger partial charge in [0.25, 0.3) is 5.91 Å². The fourth-order valence-electron chi connectivity index (χ4n) is 3.67. The minimum Gasteiger partial charge on any atom is -0.467 e. The van der Waals surface area contributed by atoms with Gasteiger partial charge in [0.2, 0.25) is 0 Å². The summed E-state index contributed by atoms with van der Waals surface area (Å²) in [6.45, 7) is 9.57. The van der Waals surface area contributed by atoms with Crippen molar-refractivity contribution in [1.29, 1.82) is 0 Å². The van der Waals surface area contributed by atoms with Crippen molar-refractivity contribution in [3.8, 4) is 0 Å². The second-order valence-electron chi connectivity index (χ2n) is 9.19. The van der Waals surface area contributed by atoms with Gasteiger partial charge in [-0.1, -0.05) is 39.8 Å². The van der Waals surface area contributed by atoms with Crippen molar-refractivity contribution in [2.45, 2.75) is 58.5 Å². The summed E-state index contributed by atoms with van der Waals surface area (Å²) < 4.78 is 11.5. The van der Waals surface area contributed by atoms with Crippen LogP contribution in [0.1, 0.15) is 73.2 Å². The van der Waals surface area contributed by atoms with E-state index in [1.807, 2.05) is 42.5 Å². The van der Waals surface area contributed by atoms with Gasteiger partial charge in [-0.25, -0.2) is 0 Å². The lowest BCUT2D eigenvalue weighted by Crippen LogP contribution is -2.30. The molecule has 3 aromatic rings. The van der Waals surface area contributed by atoms with Crippen LogP contribution < -0.4 is 0 Å². The number of hydrogen-bond donors (Lipinski definition) is 0. The number of hydrogen-bond acceptors (Lipinski definition) is 3. The Balaban J connectivity index is 1.54. The van der Waals surface area contributed by atoms with E-state index >= 15 is 0 Å². The van der Waals surface area contributed by atoms with Crippen LogP contribution in [0.25, 0.3) is 0 Å². The van der Waals surface area contributed by atoms with Crippen molar-refractivity contribution >= 4 is 5.91 Å². The minimum atomic E-state index is -0.0281. The van der Waals surface area contributed by atoms with Crippen LogP contribution in [0.4, 0.5) is 0 Å². The third-order valence-corrected chi connectivity index (χ3v) is 5.72. The van der Waals surface area contributed by atoms with Crippen LogP contribution in [-0.2, 0) is 18.5 Å². The van der Waals surface area contributed by atoms with Crippen molar-refractivity contribution < 1.29 is 13.6 Å². The zero-order valence-corrected chi connectivity index (χ0v) is 17.6. The Bertz CT molecular complexity index is 960. The quantitative estimate of drug-likeness (QED) is 0.507. The van der Waals surface area contributed by atoms with Gasteiger partial charge in [-0.2, -0.15) is 0 Å². The highest BCUT2D eigenvalue weighted by molar-refractivity contribution is 5.94. The van der Waals surface area contributed by atoms with E-state index in [1.165, 1.54) is 12.0 Å². The van der Waals surface area contributed by atoms with E-state index in [2.05, 4.69) is 33.8 Å². The molecule has 1 saturated carbocycles. The highest BCUT2D eigenvalue weighted by Crippen LogP contribution is 2.47. The molecular weight excluding hydrogens is 362 g/mol. The van der Waals surface area contributed by atoms with Crippen LogP contribution in [0.3, 0.4) is 0 Å². The molecule has 1 amide bonds. The molecule has 1 aliphatic carbocycles. The van der Waals surface area contributed by atoms with Crippen LogP contribution >= 0.6 is 0 Å². The molecule has 0 spiro atoms. The van der Waals surface area contributed by atoms with Gasteiger partial charge in [-0.3, -0.25) is 4.79 Å². The molecule has 152 valence electrons. The average Bonchev–Trinajstić information content (AvgIpc) is 3.08. The fraction of sp³-hybridized carbons (Fsp3) is 0.400. The summed E-state index contributed by atoms with van der Waals surface area (Å²) in [5.41, 5.74) is 1.94. The fourth-order valence-corrected chi connectivity index (χ4v) is 3.67. The van der Waals surface area contributed by atoms with Gasteiger partial charge >= 0.3 is 0 Å². The van der Waals surface area contributed by atoms with Crippen LogP contribution in [-0.4, -0.2) is 10.8 Å². The molecule has 1 aromatic carbocycles. The Labute approximate surface area is 172 Å². The number of nitrogens with zero attached hydrogens (tertiary/aromatic N) is 1. The number of amides is 1. The van der Waals surface area contributed by atoms with Crippen LogP contribution in [0.5, 0.6) is 0 Å². The van der Waals surface area contributed by atoms with Crippen LogP contribution in [0, 0.1) is 5.92 Å². The van der Waals surface area contributed by atoms with Crippen molar-refractivity contribution in [2.24, 2.45) is 5.92 Å². The Kier molecular flexibility index (Phi) is 5.12. The number of rotatable bonds is 6. The Morgan fingerprint density at radius 1 is 1.03 bits per heavy atom. The maximum absolute atomic E-state index is 13.3. The third kappa shape index (κ3) is 4.47. The first-order valence-electron chi connectivity index (χ1n) is 10.3. The van der Waals surface area contributed by atoms with Crippen LogP contribution in [0.15, 0.2) is 63.6 Å². The molecule has 0 saturated heterocycles.